The Labute approximate surface area is 163 Å². The Morgan fingerprint density at radius 2 is 1.96 bits per heavy atom. The lowest BCUT2D eigenvalue weighted by Crippen LogP contribution is -2.29. The normalized spacial score (nSPS) is 17.4. The maximum atomic E-state index is 12.5. The number of carbonyl (C=O) groups is 1. The summed E-state index contributed by atoms with van der Waals surface area (Å²) in [5.74, 6) is 0.267. The number of amidine groups is 1. The van der Waals surface area contributed by atoms with Crippen molar-refractivity contribution in [2.45, 2.75) is 33.2 Å². The molecule has 0 saturated heterocycles. The standard InChI is InChI=1S/C21H22N4OS/c1-13-10-14(2)20(15(3)11-13)24-19(26)12-27-21-23-17-7-5-4-6-16(17)18-8-9-22-25(18)21/h4-7,9-11,18H,8,12H2,1-3H3,(H,24,26). The van der Waals surface area contributed by atoms with E-state index in [9.17, 15) is 4.79 Å². The quantitative estimate of drug-likeness (QED) is 0.841. The van der Waals surface area contributed by atoms with Gasteiger partial charge in [-0.1, -0.05) is 47.7 Å². The number of amides is 1. The number of nitrogens with zero attached hydrogens (tertiary/aromatic N) is 3. The minimum atomic E-state index is -0.0312. The highest BCUT2D eigenvalue weighted by Crippen LogP contribution is 2.40. The van der Waals surface area contributed by atoms with Gasteiger partial charge in [-0.3, -0.25) is 4.79 Å². The Kier molecular flexibility index (Phi) is 4.74. The van der Waals surface area contributed by atoms with Crippen molar-refractivity contribution >= 4 is 40.4 Å². The van der Waals surface area contributed by atoms with Crippen molar-refractivity contribution in [1.82, 2.24) is 5.01 Å². The van der Waals surface area contributed by atoms with Crippen molar-refractivity contribution in [3.8, 4) is 0 Å². The fourth-order valence-corrected chi connectivity index (χ4v) is 4.47. The second-order valence-electron chi connectivity index (χ2n) is 6.96. The molecule has 1 atom stereocenters. The number of anilines is 1. The summed E-state index contributed by atoms with van der Waals surface area (Å²) in [6, 6.07) is 12.5. The van der Waals surface area contributed by atoms with Crippen molar-refractivity contribution < 1.29 is 4.79 Å². The van der Waals surface area contributed by atoms with E-state index in [1.807, 2.05) is 43.3 Å². The highest BCUT2D eigenvalue weighted by molar-refractivity contribution is 8.14. The Hall–Kier alpha value is -2.60. The second-order valence-corrected chi connectivity index (χ2v) is 7.90. The van der Waals surface area contributed by atoms with Gasteiger partial charge in [0.1, 0.15) is 0 Å². The van der Waals surface area contributed by atoms with E-state index in [4.69, 9.17) is 4.99 Å². The van der Waals surface area contributed by atoms with Crippen molar-refractivity contribution in [2.75, 3.05) is 11.1 Å². The van der Waals surface area contributed by atoms with Crippen LogP contribution in [-0.4, -0.2) is 28.1 Å². The summed E-state index contributed by atoms with van der Waals surface area (Å²) in [5, 5.41) is 10.2. The van der Waals surface area contributed by atoms with Gasteiger partial charge in [0.05, 0.1) is 17.5 Å². The molecule has 0 fully saturated rings. The number of para-hydroxylation sites is 1. The van der Waals surface area contributed by atoms with Gasteiger partial charge >= 0.3 is 0 Å². The monoisotopic (exact) mass is 378 g/mol. The fraction of sp³-hybridized carbons (Fsp3) is 0.286. The van der Waals surface area contributed by atoms with Crippen LogP contribution in [0.15, 0.2) is 46.5 Å². The van der Waals surface area contributed by atoms with Crippen LogP contribution in [-0.2, 0) is 4.79 Å². The number of hydrogen-bond acceptors (Lipinski definition) is 5. The van der Waals surface area contributed by atoms with Crippen LogP contribution in [0.3, 0.4) is 0 Å². The zero-order valence-corrected chi connectivity index (χ0v) is 16.5. The first-order chi connectivity index (χ1) is 13.0. The van der Waals surface area contributed by atoms with Crippen molar-refractivity contribution in [1.29, 1.82) is 0 Å². The van der Waals surface area contributed by atoms with Gasteiger partial charge in [0.2, 0.25) is 5.91 Å². The Bertz CT molecular complexity index is 943. The molecular weight excluding hydrogens is 356 g/mol. The van der Waals surface area contributed by atoms with Crippen molar-refractivity contribution in [2.24, 2.45) is 10.1 Å². The summed E-state index contributed by atoms with van der Waals surface area (Å²) >= 11 is 1.43. The molecule has 0 bridgehead atoms. The van der Waals surface area contributed by atoms with Crippen LogP contribution in [0.4, 0.5) is 11.4 Å². The number of rotatable bonds is 3. The number of carbonyl (C=O) groups excluding carboxylic acids is 1. The van der Waals surface area contributed by atoms with E-state index in [-0.39, 0.29) is 11.9 Å². The third kappa shape index (κ3) is 3.49. The lowest BCUT2D eigenvalue weighted by molar-refractivity contribution is -0.113. The van der Waals surface area contributed by atoms with Crippen LogP contribution in [0.5, 0.6) is 0 Å². The van der Waals surface area contributed by atoms with Crippen LogP contribution >= 0.6 is 11.8 Å². The highest BCUT2D eigenvalue weighted by atomic mass is 32.2. The molecule has 2 aliphatic heterocycles. The van der Waals surface area contributed by atoms with Crippen molar-refractivity contribution in [3.05, 3.63) is 58.7 Å². The van der Waals surface area contributed by atoms with E-state index >= 15 is 0 Å². The van der Waals surface area contributed by atoms with E-state index in [1.54, 1.807) is 0 Å². The Morgan fingerprint density at radius 1 is 1.22 bits per heavy atom. The highest BCUT2D eigenvalue weighted by Gasteiger charge is 2.32. The Morgan fingerprint density at radius 3 is 2.74 bits per heavy atom. The number of thioether (sulfide) groups is 1. The minimum Gasteiger partial charge on any atom is -0.325 e. The first kappa shape index (κ1) is 17.8. The van der Waals surface area contributed by atoms with Crippen LogP contribution in [0.2, 0.25) is 0 Å². The summed E-state index contributed by atoms with van der Waals surface area (Å²) < 4.78 is 0. The lowest BCUT2D eigenvalue weighted by Gasteiger charge is -2.29. The predicted octanol–water partition coefficient (Wildman–Crippen LogP) is 4.72. The third-order valence-electron chi connectivity index (χ3n) is 4.81. The van der Waals surface area contributed by atoms with E-state index in [0.717, 1.165) is 34.1 Å². The van der Waals surface area contributed by atoms with Crippen LogP contribution in [0.1, 0.15) is 34.7 Å². The number of hydrogen-bond donors (Lipinski definition) is 1. The topological polar surface area (TPSA) is 57.1 Å². The maximum Gasteiger partial charge on any atom is 0.234 e. The van der Waals surface area contributed by atoms with Gasteiger partial charge in [0, 0.05) is 23.9 Å². The summed E-state index contributed by atoms with van der Waals surface area (Å²) in [4.78, 5) is 17.3. The molecule has 1 amide bonds. The number of nitrogens with one attached hydrogen (secondary N) is 1. The maximum absolute atomic E-state index is 12.5. The van der Waals surface area contributed by atoms with Crippen LogP contribution in [0, 0.1) is 20.8 Å². The average molecular weight is 379 g/mol. The molecule has 2 aromatic carbocycles. The first-order valence-corrected chi connectivity index (χ1v) is 10.0. The molecule has 1 unspecified atom stereocenters. The molecule has 1 N–H and O–H groups in total. The van der Waals surface area contributed by atoms with Gasteiger partial charge in [0.25, 0.3) is 0 Å². The number of hydrazone groups is 1. The van der Waals surface area contributed by atoms with E-state index < -0.39 is 0 Å². The molecule has 5 nitrogen and oxygen atoms in total. The average Bonchev–Trinajstić information content (AvgIpc) is 3.13. The molecule has 2 aromatic rings. The van der Waals surface area contributed by atoms with Gasteiger partial charge in [-0.2, -0.15) is 5.10 Å². The van der Waals surface area contributed by atoms with Crippen molar-refractivity contribution in [3.63, 3.8) is 0 Å². The molecule has 27 heavy (non-hydrogen) atoms. The van der Waals surface area contributed by atoms with E-state index in [2.05, 4.69) is 35.5 Å². The molecule has 138 valence electrons. The molecular formula is C21H22N4OS. The van der Waals surface area contributed by atoms with Crippen LogP contribution < -0.4 is 5.32 Å². The van der Waals surface area contributed by atoms with Gasteiger partial charge in [-0.15, -0.1) is 0 Å². The predicted molar refractivity (Wildman–Crippen MR) is 113 cm³/mol. The third-order valence-corrected chi connectivity index (χ3v) is 5.75. The number of fused-ring (bicyclic) bond motifs is 3. The van der Waals surface area contributed by atoms with E-state index in [1.165, 1.54) is 22.9 Å². The number of aryl methyl sites for hydroxylation is 3. The summed E-state index contributed by atoms with van der Waals surface area (Å²) in [7, 11) is 0. The second kappa shape index (κ2) is 7.19. The van der Waals surface area contributed by atoms with Gasteiger partial charge in [-0.05, 0) is 38.0 Å². The molecule has 0 aliphatic carbocycles. The Balaban J connectivity index is 1.48. The van der Waals surface area contributed by atoms with Crippen LogP contribution in [0.25, 0.3) is 0 Å². The fourth-order valence-electron chi connectivity index (χ4n) is 3.66. The molecule has 0 radical (unpaired) electrons. The molecule has 0 spiro atoms. The number of aliphatic imine (C=N–C) groups is 1. The zero-order valence-electron chi connectivity index (χ0n) is 15.7. The summed E-state index contributed by atoms with van der Waals surface area (Å²) in [5.41, 5.74) is 6.43. The minimum absolute atomic E-state index is 0.0312. The van der Waals surface area contributed by atoms with Gasteiger partial charge < -0.3 is 5.32 Å². The first-order valence-electron chi connectivity index (χ1n) is 9.02. The molecule has 2 aliphatic rings. The summed E-state index contributed by atoms with van der Waals surface area (Å²) in [6.45, 7) is 6.11. The SMILES string of the molecule is Cc1cc(C)c(NC(=O)CSC2=Nc3ccccc3C3CC=NN23)c(C)c1. The summed E-state index contributed by atoms with van der Waals surface area (Å²) in [6.07, 6.45) is 2.78. The van der Waals surface area contributed by atoms with Gasteiger partial charge in [0.15, 0.2) is 5.17 Å². The lowest BCUT2D eigenvalue weighted by atomic mass is 10.0. The largest absolute Gasteiger partial charge is 0.325 e. The molecule has 4 rings (SSSR count). The molecule has 2 heterocycles. The molecule has 0 aromatic heterocycles. The smallest absolute Gasteiger partial charge is 0.234 e. The van der Waals surface area contributed by atoms with Gasteiger partial charge in [-0.25, -0.2) is 10.0 Å². The zero-order chi connectivity index (χ0) is 19.0. The molecule has 6 heteroatoms. The number of benzene rings is 2. The molecule has 0 saturated carbocycles. The van der Waals surface area contributed by atoms with E-state index in [0.29, 0.717) is 5.75 Å².